The van der Waals surface area contributed by atoms with Crippen LogP contribution in [-0.2, 0) is 9.53 Å². The van der Waals surface area contributed by atoms with Gasteiger partial charge in [0.2, 0.25) is 5.91 Å². The molecule has 2 aromatic rings. The lowest BCUT2D eigenvalue weighted by Crippen LogP contribution is -2.39. The molecule has 24 heavy (non-hydrogen) atoms. The quantitative estimate of drug-likeness (QED) is 0.798. The van der Waals surface area contributed by atoms with E-state index in [9.17, 15) is 4.79 Å². The number of hydrogen-bond donors (Lipinski definition) is 0. The first-order valence-electron chi connectivity index (χ1n) is 8.53. The van der Waals surface area contributed by atoms with Gasteiger partial charge in [-0.05, 0) is 31.9 Å². The number of nitrogens with zero attached hydrogens (tertiary/aromatic N) is 6. The fraction of sp³-hybridized carbons (Fsp3) is 0.625. The van der Waals surface area contributed by atoms with Crippen LogP contribution in [0.2, 0.25) is 0 Å². The van der Waals surface area contributed by atoms with Crippen molar-refractivity contribution in [2.75, 3.05) is 44.3 Å². The summed E-state index contributed by atoms with van der Waals surface area (Å²) in [6.45, 7) is 6.39. The molecule has 1 atom stereocenters. The van der Waals surface area contributed by atoms with E-state index in [4.69, 9.17) is 4.74 Å². The molecule has 128 valence electrons. The minimum absolute atomic E-state index is 0.0469. The lowest BCUT2D eigenvalue weighted by Gasteiger charge is -2.24. The molecule has 0 N–H and O–H groups in total. The molecular formula is C16H22N6O2. The number of fused-ring (bicyclic) bond motifs is 1. The van der Waals surface area contributed by atoms with Crippen LogP contribution in [0.25, 0.3) is 5.65 Å². The Labute approximate surface area is 140 Å². The standard InChI is InChI=1S/C16H22N6O2/c1-12-17-18-14-3-4-15(19-22(12)14)20-6-2-7-21(9-8-20)16(23)13-5-10-24-11-13/h3-4,13H,2,5-11H2,1H3. The van der Waals surface area contributed by atoms with Gasteiger partial charge in [-0.15, -0.1) is 15.3 Å². The Morgan fingerprint density at radius 2 is 2.12 bits per heavy atom. The first kappa shape index (κ1) is 15.3. The largest absolute Gasteiger partial charge is 0.381 e. The second-order valence-corrected chi connectivity index (χ2v) is 6.44. The topological polar surface area (TPSA) is 75.9 Å². The van der Waals surface area contributed by atoms with E-state index in [2.05, 4.69) is 20.2 Å². The number of aromatic nitrogens is 4. The third kappa shape index (κ3) is 2.82. The molecule has 8 nitrogen and oxygen atoms in total. The molecule has 2 saturated heterocycles. The maximum absolute atomic E-state index is 12.6. The van der Waals surface area contributed by atoms with Gasteiger partial charge in [0.1, 0.15) is 5.82 Å². The van der Waals surface area contributed by atoms with Crippen molar-refractivity contribution in [3.8, 4) is 0 Å². The Morgan fingerprint density at radius 3 is 2.96 bits per heavy atom. The predicted molar refractivity (Wildman–Crippen MR) is 87.9 cm³/mol. The fourth-order valence-corrected chi connectivity index (χ4v) is 3.41. The molecule has 0 aliphatic carbocycles. The molecule has 2 aliphatic rings. The van der Waals surface area contributed by atoms with E-state index >= 15 is 0 Å². The highest BCUT2D eigenvalue weighted by Gasteiger charge is 2.29. The summed E-state index contributed by atoms with van der Waals surface area (Å²) in [5, 5.41) is 12.8. The van der Waals surface area contributed by atoms with Crippen LogP contribution < -0.4 is 4.90 Å². The zero-order valence-corrected chi connectivity index (χ0v) is 13.9. The number of carbonyl (C=O) groups excluding carboxylic acids is 1. The summed E-state index contributed by atoms with van der Waals surface area (Å²) in [6.07, 6.45) is 1.80. The molecule has 1 amide bonds. The molecule has 0 radical (unpaired) electrons. The van der Waals surface area contributed by atoms with Crippen LogP contribution in [0.3, 0.4) is 0 Å². The maximum Gasteiger partial charge on any atom is 0.228 e. The summed E-state index contributed by atoms with van der Waals surface area (Å²) in [5.41, 5.74) is 0.754. The van der Waals surface area contributed by atoms with Gasteiger partial charge in [0.25, 0.3) is 0 Å². The molecule has 2 fully saturated rings. The fourth-order valence-electron chi connectivity index (χ4n) is 3.41. The highest BCUT2D eigenvalue weighted by molar-refractivity contribution is 5.79. The first-order chi connectivity index (χ1) is 11.7. The smallest absolute Gasteiger partial charge is 0.228 e. The number of amides is 1. The Bertz CT molecular complexity index is 739. The SMILES string of the molecule is Cc1nnc2ccc(N3CCCN(C(=O)C4CCOC4)CC3)nn12. The minimum atomic E-state index is 0.0469. The summed E-state index contributed by atoms with van der Waals surface area (Å²) in [6, 6.07) is 3.91. The van der Waals surface area contributed by atoms with Gasteiger partial charge in [-0.2, -0.15) is 4.52 Å². The average molecular weight is 330 g/mol. The molecule has 4 rings (SSSR count). The van der Waals surface area contributed by atoms with Crippen molar-refractivity contribution < 1.29 is 9.53 Å². The van der Waals surface area contributed by atoms with Gasteiger partial charge in [0.15, 0.2) is 11.5 Å². The second-order valence-electron chi connectivity index (χ2n) is 6.44. The summed E-state index contributed by atoms with van der Waals surface area (Å²) in [7, 11) is 0. The van der Waals surface area contributed by atoms with Crippen molar-refractivity contribution in [3.05, 3.63) is 18.0 Å². The van der Waals surface area contributed by atoms with Crippen molar-refractivity contribution >= 4 is 17.4 Å². The third-order valence-electron chi connectivity index (χ3n) is 4.82. The first-order valence-corrected chi connectivity index (χ1v) is 8.53. The Kier molecular flexibility index (Phi) is 4.05. The number of anilines is 1. The molecule has 0 saturated carbocycles. The summed E-state index contributed by atoms with van der Waals surface area (Å²) in [5.74, 6) is 1.97. The highest BCUT2D eigenvalue weighted by atomic mass is 16.5. The van der Waals surface area contributed by atoms with Crippen LogP contribution >= 0.6 is 0 Å². The van der Waals surface area contributed by atoms with E-state index in [1.54, 1.807) is 4.52 Å². The van der Waals surface area contributed by atoms with Crippen LogP contribution in [0.15, 0.2) is 12.1 Å². The molecule has 0 bridgehead atoms. The van der Waals surface area contributed by atoms with Gasteiger partial charge in [-0.1, -0.05) is 0 Å². The lowest BCUT2D eigenvalue weighted by atomic mass is 10.1. The van der Waals surface area contributed by atoms with E-state index in [-0.39, 0.29) is 11.8 Å². The van der Waals surface area contributed by atoms with Gasteiger partial charge in [0, 0.05) is 32.8 Å². The Balaban J connectivity index is 1.47. The van der Waals surface area contributed by atoms with Crippen molar-refractivity contribution in [1.29, 1.82) is 0 Å². The van der Waals surface area contributed by atoms with E-state index in [1.807, 2.05) is 24.0 Å². The van der Waals surface area contributed by atoms with Crippen LogP contribution in [0.5, 0.6) is 0 Å². The highest BCUT2D eigenvalue weighted by Crippen LogP contribution is 2.19. The van der Waals surface area contributed by atoms with Crippen molar-refractivity contribution in [3.63, 3.8) is 0 Å². The summed E-state index contributed by atoms with van der Waals surface area (Å²) < 4.78 is 7.12. The molecule has 2 aromatic heterocycles. The van der Waals surface area contributed by atoms with Gasteiger partial charge in [-0.25, -0.2) is 0 Å². The molecule has 2 aliphatic heterocycles. The van der Waals surface area contributed by atoms with Crippen molar-refractivity contribution in [2.24, 2.45) is 5.92 Å². The molecule has 0 spiro atoms. The zero-order chi connectivity index (χ0) is 16.5. The summed E-state index contributed by atoms with van der Waals surface area (Å²) >= 11 is 0. The van der Waals surface area contributed by atoms with E-state index in [0.29, 0.717) is 13.2 Å². The Hall–Kier alpha value is -2.22. The molecule has 4 heterocycles. The predicted octanol–water partition coefficient (Wildman–Crippen LogP) is 0.508. The van der Waals surface area contributed by atoms with Crippen molar-refractivity contribution in [2.45, 2.75) is 19.8 Å². The van der Waals surface area contributed by atoms with Crippen LogP contribution in [0.1, 0.15) is 18.7 Å². The number of ether oxygens (including phenoxy) is 1. The van der Waals surface area contributed by atoms with Crippen LogP contribution in [0.4, 0.5) is 5.82 Å². The van der Waals surface area contributed by atoms with Crippen molar-refractivity contribution in [1.82, 2.24) is 24.7 Å². The molecule has 0 aromatic carbocycles. The minimum Gasteiger partial charge on any atom is -0.381 e. The average Bonchev–Trinajstić information content (AvgIpc) is 3.19. The monoisotopic (exact) mass is 330 g/mol. The normalized spacial score (nSPS) is 22.1. The summed E-state index contributed by atoms with van der Waals surface area (Å²) in [4.78, 5) is 16.8. The van der Waals surface area contributed by atoms with E-state index in [1.165, 1.54) is 0 Å². The van der Waals surface area contributed by atoms with Crippen LogP contribution in [-0.4, -0.2) is 70.0 Å². The second kappa shape index (κ2) is 6.35. The van der Waals surface area contributed by atoms with Crippen LogP contribution in [0, 0.1) is 12.8 Å². The molecule has 1 unspecified atom stereocenters. The molecule has 8 heteroatoms. The lowest BCUT2D eigenvalue weighted by molar-refractivity contribution is -0.135. The number of aryl methyl sites for hydroxylation is 1. The van der Waals surface area contributed by atoms with Gasteiger partial charge in [0.05, 0.1) is 12.5 Å². The zero-order valence-electron chi connectivity index (χ0n) is 13.9. The number of carbonyl (C=O) groups is 1. The third-order valence-corrected chi connectivity index (χ3v) is 4.82. The number of rotatable bonds is 2. The van der Waals surface area contributed by atoms with Gasteiger partial charge >= 0.3 is 0 Å². The Morgan fingerprint density at radius 1 is 1.21 bits per heavy atom. The van der Waals surface area contributed by atoms with Gasteiger partial charge < -0.3 is 14.5 Å². The molecular weight excluding hydrogens is 308 g/mol. The van der Waals surface area contributed by atoms with Gasteiger partial charge in [-0.3, -0.25) is 4.79 Å². The van der Waals surface area contributed by atoms with E-state index in [0.717, 1.165) is 56.3 Å². The number of hydrogen-bond acceptors (Lipinski definition) is 6. The maximum atomic E-state index is 12.6. The van der Waals surface area contributed by atoms with E-state index < -0.39 is 0 Å².